The largest absolute Gasteiger partial charge is 0.375 e. The minimum absolute atomic E-state index is 0.0178. The summed E-state index contributed by atoms with van der Waals surface area (Å²) in [7, 11) is 5.35. The van der Waals surface area contributed by atoms with Gasteiger partial charge in [-0.3, -0.25) is 9.48 Å². The van der Waals surface area contributed by atoms with E-state index in [1.54, 1.807) is 36.1 Å². The molecule has 4 aromatic rings. The molecule has 0 radical (unpaired) electrons. The molecule has 6 rings (SSSR count). The van der Waals surface area contributed by atoms with Crippen molar-refractivity contribution in [3.8, 4) is 22.5 Å². The second-order valence-corrected chi connectivity index (χ2v) is 10.3. The molecule has 39 heavy (non-hydrogen) atoms. The van der Waals surface area contributed by atoms with Crippen LogP contribution in [0.1, 0.15) is 42.4 Å². The summed E-state index contributed by atoms with van der Waals surface area (Å²) < 4.78 is 32.3. The minimum Gasteiger partial charge on any atom is -0.375 e. The number of nitrogens with zero attached hydrogens (tertiary/aromatic N) is 7. The zero-order valence-electron chi connectivity index (χ0n) is 22.3. The molecule has 1 atom stereocenters. The van der Waals surface area contributed by atoms with Crippen molar-refractivity contribution in [2.45, 2.75) is 31.9 Å². The highest BCUT2D eigenvalue weighted by molar-refractivity contribution is 5.96. The third kappa shape index (κ3) is 3.95. The Morgan fingerprint density at radius 1 is 1.18 bits per heavy atom. The first-order valence-electron chi connectivity index (χ1n) is 12.9. The van der Waals surface area contributed by atoms with Crippen molar-refractivity contribution >= 4 is 16.8 Å². The van der Waals surface area contributed by atoms with Crippen molar-refractivity contribution in [2.75, 3.05) is 27.2 Å². The summed E-state index contributed by atoms with van der Waals surface area (Å²) >= 11 is 0. The number of carbonyl (C=O) groups is 1. The summed E-state index contributed by atoms with van der Waals surface area (Å²) in [5.74, 6) is 1.80. The zero-order valence-corrected chi connectivity index (χ0v) is 22.3. The Morgan fingerprint density at radius 3 is 2.62 bits per heavy atom. The average Bonchev–Trinajstić information content (AvgIpc) is 3.48. The Morgan fingerprint density at radius 2 is 1.95 bits per heavy atom. The van der Waals surface area contributed by atoms with Gasteiger partial charge < -0.3 is 19.7 Å². The van der Waals surface area contributed by atoms with Crippen LogP contribution in [0.15, 0.2) is 49.1 Å². The highest BCUT2D eigenvalue weighted by Crippen LogP contribution is 2.41. The van der Waals surface area contributed by atoms with Crippen molar-refractivity contribution in [1.82, 2.24) is 39.4 Å². The number of fused-ring (bicyclic) bond motifs is 2. The number of likely N-dealkylation sites (N-methyl/N-ethyl adjacent to an activating group) is 1. The molecule has 1 fully saturated rings. The lowest BCUT2D eigenvalue weighted by atomic mass is 9.98. The van der Waals surface area contributed by atoms with E-state index in [2.05, 4.69) is 26.9 Å². The van der Waals surface area contributed by atoms with Gasteiger partial charge >= 0.3 is 0 Å². The van der Waals surface area contributed by atoms with E-state index in [-0.39, 0.29) is 23.1 Å². The Kier molecular flexibility index (Phi) is 5.89. The molecule has 0 spiro atoms. The summed E-state index contributed by atoms with van der Waals surface area (Å²) in [5, 5.41) is 7.81. The lowest BCUT2D eigenvalue weighted by Crippen LogP contribution is -2.48. The Hall–Kier alpha value is -4.28. The van der Waals surface area contributed by atoms with E-state index in [4.69, 9.17) is 4.98 Å². The van der Waals surface area contributed by atoms with Gasteiger partial charge in [-0.25, -0.2) is 18.7 Å². The number of hydrogen-bond acceptors (Lipinski definition) is 6. The van der Waals surface area contributed by atoms with Crippen LogP contribution in [0.5, 0.6) is 0 Å². The molecule has 1 saturated heterocycles. The van der Waals surface area contributed by atoms with Crippen molar-refractivity contribution < 1.29 is 13.6 Å². The number of alkyl halides is 2. The summed E-state index contributed by atoms with van der Waals surface area (Å²) in [5.41, 5.74) is 3.50. The first-order chi connectivity index (χ1) is 18.7. The first kappa shape index (κ1) is 25.0. The predicted molar refractivity (Wildman–Crippen MR) is 144 cm³/mol. The number of aromatic nitrogens is 5. The number of benzene rings is 1. The molecular formula is C28H30F2N8O. The Balaban J connectivity index is 1.53. The van der Waals surface area contributed by atoms with Crippen molar-refractivity contribution in [1.29, 1.82) is 0 Å². The SMILES string of the molecule is C=C(NC)N1CC(c2nc(-c3cccc4nc(-c5cnn(C)c5)c(C(F)F)cc34)c3n2C(C)C(=O)N(C)C3)C1. The van der Waals surface area contributed by atoms with Crippen molar-refractivity contribution in [3.63, 3.8) is 0 Å². The third-order valence-electron chi connectivity index (χ3n) is 7.82. The van der Waals surface area contributed by atoms with Crippen molar-refractivity contribution in [3.05, 3.63) is 66.1 Å². The summed E-state index contributed by atoms with van der Waals surface area (Å²) in [6.07, 6.45) is 0.503. The van der Waals surface area contributed by atoms with E-state index in [1.165, 1.54) is 6.07 Å². The predicted octanol–water partition coefficient (Wildman–Crippen LogP) is 4.06. The summed E-state index contributed by atoms with van der Waals surface area (Å²) in [6.45, 7) is 7.77. The topological polar surface area (TPSA) is 84.1 Å². The number of pyridine rings is 1. The molecule has 202 valence electrons. The molecule has 1 unspecified atom stereocenters. The van der Waals surface area contributed by atoms with E-state index < -0.39 is 12.5 Å². The quantitative estimate of drug-likeness (QED) is 0.403. The highest BCUT2D eigenvalue weighted by Gasteiger charge is 2.39. The number of aryl methyl sites for hydroxylation is 1. The van der Waals surface area contributed by atoms with Gasteiger partial charge in [0.05, 0.1) is 47.1 Å². The van der Waals surface area contributed by atoms with E-state index in [1.807, 2.05) is 36.7 Å². The minimum atomic E-state index is -2.72. The number of amides is 1. The van der Waals surface area contributed by atoms with Crippen LogP contribution in [0.3, 0.4) is 0 Å². The fraction of sp³-hybridized carbons (Fsp3) is 0.357. The van der Waals surface area contributed by atoms with Crippen LogP contribution >= 0.6 is 0 Å². The van der Waals surface area contributed by atoms with Gasteiger partial charge in [-0.2, -0.15) is 5.10 Å². The van der Waals surface area contributed by atoms with Crippen LogP contribution in [0.4, 0.5) is 8.78 Å². The molecule has 0 bridgehead atoms. The van der Waals surface area contributed by atoms with Gasteiger partial charge in [0.1, 0.15) is 11.9 Å². The van der Waals surface area contributed by atoms with Gasteiger partial charge in [-0.1, -0.05) is 18.7 Å². The van der Waals surface area contributed by atoms with Crippen LogP contribution in [0.2, 0.25) is 0 Å². The summed E-state index contributed by atoms with van der Waals surface area (Å²) in [6, 6.07) is 6.70. The fourth-order valence-electron chi connectivity index (χ4n) is 5.68. The van der Waals surface area contributed by atoms with E-state index in [0.29, 0.717) is 28.7 Å². The maximum atomic E-state index is 14.3. The molecule has 0 aliphatic carbocycles. The second kappa shape index (κ2) is 9.18. The number of imidazole rings is 1. The fourth-order valence-corrected chi connectivity index (χ4v) is 5.68. The molecule has 3 aromatic heterocycles. The van der Waals surface area contributed by atoms with Crippen LogP contribution < -0.4 is 5.32 Å². The smallest absolute Gasteiger partial charge is 0.265 e. The molecular weight excluding hydrogens is 502 g/mol. The molecule has 1 aromatic carbocycles. The maximum absolute atomic E-state index is 14.3. The van der Waals surface area contributed by atoms with Crippen LogP contribution in [0.25, 0.3) is 33.4 Å². The number of hydrogen-bond donors (Lipinski definition) is 1. The Labute approximate surface area is 224 Å². The molecule has 2 aliphatic heterocycles. The average molecular weight is 533 g/mol. The maximum Gasteiger partial charge on any atom is 0.265 e. The number of nitrogens with one attached hydrogen (secondary N) is 1. The van der Waals surface area contributed by atoms with E-state index in [0.717, 1.165) is 36.0 Å². The number of carbonyl (C=O) groups excluding carboxylic acids is 1. The molecule has 5 heterocycles. The third-order valence-corrected chi connectivity index (χ3v) is 7.82. The monoisotopic (exact) mass is 532 g/mol. The molecule has 9 nitrogen and oxygen atoms in total. The van der Waals surface area contributed by atoms with E-state index in [9.17, 15) is 13.6 Å². The van der Waals surface area contributed by atoms with Crippen LogP contribution in [-0.2, 0) is 18.4 Å². The van der Waals surface area contributed by atoms with Crippen LogP contribution in [-0.4, -0.2) is 67.2 Å². The Bertz CT molecular complexity index is 1620. The van der Waals surface area contributed by atoms with E-state index >= 15 is 0 Å². The molecule has 0 saturated carbocycles. The normalized spacial score (nSPS) is 17.6. The van der Waals surface area contributed by atoms with Crippen molar-refractivity contribution in [2.24, 2.45) is 7.05 Å². The number of likely N-dealkylation sites (tertiary alicyclic amines) is 1. The van der Waals surface area contributed by atoms with Gasteiger partial charge in [0, 0.05) is 62.5 Å². The highest BCUT2D eigenvalue weighted by atomic mass is 19.3. The van der Waals surface area contributed by atoms with Gasteiger partial charge in [-0.05, 0) is 19.1 Å². The molecule has 2 aliphatic rings. The lowest BCUT2D eigenvalue weighted by molar-refractivity contribution is -0.135. The lowest BCUT2D eigenvalue weighted by Gasteiger charge is -2.42. The molecule has 1 amide bonds. The van der Waals surface area contributed by atoms with Gasteiger partial charge in [0.2, 0.25) is 5.91 Å². The van der Waals surface area contributed by atoms with Gasteiger partial charge in [0.15, 0.2) is 0 Å². The van der Waals surface area contributed by atoms with Gasteiger partial charge in [0.25, 0.3) is 6.43 Å². The number of halogens is 2. The molecule has 11 heteroatoms. The first-order valence-corrected chi connectivity index (χ1v) is 12.9. The summed E-state index contributed by atoms with van der Waals surface area (Å²) in [4.78, 5) is 26.6. The van der Waals surface area contributed by atoms with Gasteiger partial charge in [-0.15, -0.1) is 0 Å². The van der Waals surface area contributed by atoms with Crippen LogP contribution in [0, 0.1) is 0 Å². The number of rotatable bonds is 6. The second-order valence-electron chi connectivity index (χ2n) is 10.3. The zero-order chi connectivity index (χ0) is 27.6. The molecule has 1 N–H and O–H groups in total. The standard InChI is InChI=1S/C28H30F2N8O/c1-15-28(39)35(4)14-23-25(34-27(38(15)23)18-12-37(13-18)16(2)31-3)19-7-6-8-22-20(19)9-21(26(29)30)24(33-22)17-10-32-36(5)11-17/h6-11,15,18,26,31H,2,12-14H2,1,3-5H3.